The van der Waals surface area contributed by atoms with Gasteiger partial charge in [0.15, 0.2) is 0 Å². The van der Waals surface area contributed by atoms with Crippen molar-refractivity contribution < 1.29 is 4.39 Å². The minimum absolute atomic E-state index is 0.158. The third-order valence-electron chi connectivity index (χ3n) is 2.26. The van der Waals surface area contributed by atoms with Gasteiger partial charge in [0, 0.05) is 6.04 Å². The Morgan fingerprint density at radius 3 is 2.31 bits per heavy atom. The van der Waals surface area contributed by atoms with Crippen LogP contribution in [0.2, 0.25) is 0 Å². The maximum Gasteiger partial charge on any atom is 0.123 e. The topological polar surface area (TPSA) is 3.24 Å². The Labute approximate surface area is 82.1 Å². The minimum Gasteiger partial charge on any atom is -0.329 e. The molecule has 0 amide bonds. The standard InChI is InChI=1S/C10H16FNSi/c1-3-10(12(2)13)8-4-6-9(11)7-5-8/h4-7,10H,3H2,1-2,13H3. The van der Waals surface area contributed by atoms with E-state index in [1.165, 1.54) is 17.7 Å². The molecular formula is C10H16FNSi. The minimum atomic E-state index is -0.158. The molecule has 0 heterocycles. The van der Waals surface area contributed by atoms with Gasteiger partial charge in [0.25, 0.3) is 0 Å². The van der Waals surface area contributed by atoms with Gasteiger partial charge in [0.2, 0.25) is 0 Å². The maximum absolute atomic E-state index is 12.7. The van der Waals surface area contributed by atoms with E-state index in [4.69, 9.17) is 0 Å². The number of benzene rings is 1. The molecular weight excluding hydrogens is 181 g/mol. The molecule has 1 aromatic carbocycles. The zero-order valence-electron chi connectivity index (χ0n) is 8.42. The Morgan fingerprint density at radius 1 is 1.38 bits per heavy atom. The van der Waals surface area contributed by atoms with Crippen LogP contribution in [0, 0.1) is 5.82 Å². The zero-order chi connectivity index (χ0) is 9.84. The average Bonchev–Trinajstić information content (AvgIpc) is 2.09. The van der Waals surface area contributed by atoms with Gasteiger partial charge in [-0.3, -0.25) is 0 Å². The van der Waals surface area contributed by atoms with Gasteiger partial charge in [-0.15, -0.1) is 0 Å². The molecule has 0 spiro atoms. The lowest BCUT2D eigenvalue weighted by molar-refractivity contribution is 0.393. The molecule has 0 aliphatic heterocycles. The average molecular weight is 197 g/mol. The molecule has 1 aromatic rings. The summed E-state index contributed by atoms with van der Waals surface area (Å²) in [5.41, 5.74) is 1.21. The molecule has 3 heteroatoms. The SMILES string of the molecule is CCC(c1ccc(F)cc1)N(C)[SiH3]. The second-order valence-corrected chi connectivity index (χ2v) is 4.85. The number of hydrogen-bond acceptors (Lipinski definition) is 1. The highest BCUT2D eigenvalue weighted by atomic mass is 28.2. The van der Waals surface area contributed by atoms with E-state index in [-0.39, 0.29) is 5.82 Å². The van der Waals surface area contributed by atoms with Crippen LogP contribution < -0.4 is 0 Å². The summed E-state index contributed by atoms with van der Waals surface area (Å²) in [6.07, 6.45) is 1.08. The first kappa shape index (κ1) is 10.4. The van der Waals surface area contributed by atoms with Crippen molar-refractivity contribution in [2.45, 2.75) is 19.4 Å². The van der Waals surface area contributed by atoms with E-state index in [9.17, 15) is 4.39 Å². The summed E-state index contributed by atoms with van der Waals surface area (Å²) in [6.45, 7) is 2.16. The van der Waals surface area contributed by atoms with Crippen molar-refractivity contribution in [2.75, 3.05) is 7.05 Å². The Balaban J connectivity index is 2.86. The number of rotatable bonds is 3. The van der Waals surface area contributed by atoms with E-state index in [1.807, 2.05) is 12.1 Å². The van der Waals surface area contributed by atoms with Crippen molar-refractivity contribution >= 4 is 10.4 Å². The van der Waals surface area contributed by atoms with E-state index in [2.05, 4.69) is 18.5 Å². The first-order valence-corrected chi connectivity index (χ1v) is 5.46. The van der Waals surface area contributed by atoms with Crippen molar-refractivity contribution in [3.8, 4) is 0 Å². The quantitative estimate of drug-likeness (QED) is 0.664. The molecule has 0 aliphatic rings. The second-order valence-electron chi connectivity index (χ2n) is 3.44. The number of nitrogens with zero attached hydrogens (tertiary/aromatic N) is 1. The van der Waals surface area contributed by atoms with Crippen molar-refractivity contribution in [1.82, 2.24) is 4.57 Å². The summed E-state index contributed by atoms with van der Waals surface area (Å²) in [5.74, 6) is -0.158. The van der Waals surface area contributed by atoms with Crippen LogP contribution in [-0.4, -0.2) is 22.0 Å². The van der Waals surface area contributed by atoms with E-state index < -0.39 is 0 Å². The van der Waals surface area contributed by atoms with Crippen LogP contribution in [0.3, 0.4) is 0 Å². The molecule has 0 radical (unpaired) electrons. The Bertz CT molecular complexity index is 258. The van der Waals surface area contributed by atoms with Crippen LogP contribution in [0.5, 0.6) is 0 Å². The molecule has 1 rings (SSSR count). The maximum atomic E-state index is 12.7. The first-order valence-electron chi connectivity index (χ1n) is 4.57. The van der Waals surface area contributed by atoms with Crippen molar-refractivity contribution in [3.05, 3.63) is 35.6 Å². The lowest BCUT2D eigenvalue weighted by Gasteiger charge is -2.23. The largest absolute Gasteiger partial charge is 0.329 e. The van der Waals surface area contributed by atoms with Crippen LogP contribution in [-0.2, 0) is 0 Å². The smallest absolute Gasteiger partial charge is 0.123 e. The third kappa shape index (κ3) is 2.64. The van der Waals surface area contributed by atoms with Crippen LogP contribution >= 0.6 is 0 Å². The molecule has 0 saturated carbocycles. The van der Waals surface area contributed by atoms with E-state index in [0.29, 0.717) is 6.04 Å². The highest BCUT2D eigenvalue weighted by Gasteiger charge is 2.10. The predicted molar refractivity (Wildman–Crippen MR) is 57.1 cm³/mol. The molecule has 0 N–H and O–H groups in total. The van der Waals surface area contributed by atoms with Gasteiger partial charge >= 0.3 is 0 Å². The van der Waals surface area contributed by atoms with Gasteiger partial charge in [-0.2, -0.15) is 0 Å². The van der Waals surface area contributed by atoms with Crippen molar-refractivity contribution in [2.24, 2.45) is 0 Å². The molecule has 0 aliphatic carbocycles. The first-order chi connectivity index (χ1) is 6.15. The molecule has 72 valence electrons. The Hall–Kier alpha value is -0.673. The summed E-state index contributed by atoms with van der Waals surface area (Å²) in [4.78, 5) is 0. The van der Waals surface area contributed by atoms with Crippen LogP contribution in [0.25, 0.3) is 0 Å². The fourth-order valence-corrected chi connectivity index (χ4v) is 2.25. The lowest BCUT2D eigenvalue weighted by atomic mass is 10.1. The molecule has 13 heavy (non-hydrogen) atoms. The van der Waals surface area contributed by atoms with Gasteiger partial charge in [-0.1, -0.05) is 19.1 Å². The molecule has 0 saturated heterocycles. The molecule has 1 unspecified atom stereocenters. The summed E-state index contributed by atoms with van der Waals surface area (Å²) >= 11 is 0. The van der Waals surface area contributed by atoms with Crippen LogP contribution in [0.1, 0.15) is 24.9 Å². The molecule has 1 atom stereocenters. The Morgan fingerprint density at radius 2 is 1.92 bits per heavy atom. The summed E-state index contributed by atoms with van der Waals surface area (Å²) in [5, 5.41) is 0. The van der Waals surface area contributed by atoms with Gasteiger partial charge in [-0.05, 0) is 31.2 Å². The Kier molecular flexibility index (Phi) is 3.63. The fraction of sp³-hybridized carbons (Fsp3) is 0.400. The number of halogens is 1. The van der Waals surface area contributed by atoms with E-state index in [0.717, 1.165) is 16.8 Å². The molecule has 1 nitrogen and oxygen atoms in total. The van der Waals surface area contributed by atoms with Gasteiger partial charge in [-0.25, -0.2) is 4.39 Å². The fourth-order valence-electron chi connectivity index (χ4n) is 1.58. The lowest BCUT2D eigenvalue weighted by Crippen LogP contribution is -2.20. The summed E-state index contributed by atoms with van der Waals surface area (Å²) < 4.78 is 14.9. The van der Waals surface area contributed by atoms with Crippen molar-refractivity contribution in [3.63, 3.8) is 0 Å². The third-order valence-corrected chi connectivity index (χ3v) is 2.89. The van der Waals surface area contributed by atoms with Gasteiger partial charge < -0.3 is 4.57 Å². The summed E-state index contributed by atoms with van der Waals surface area (Å²) in [6, 6.07) is 7.26. The van der Waals surface area contributed by atoms with Gasteiger partial charge in [0.1, 0.15) is 5.82 Å². The van der Waals surface area contributed by atoms with Crippen molar-refractivity contribution in [1.29, 1.82) is 0 Å². The van der Waals surface area contributed by atoms with E-state index in [1.54, 1.807) is 0 Å². The summed E-state index contributed by atoms with van der Waals surface area (Å²) in [7, 11) is 3.14. The highest BCUT2D eigenvalue weighted by molar-refractivity contribution is 6.04. The van der Waals surface area contributed by atoms with Crippen LogP contribution in [0.4, 0.5) is 4.39 Å². The molecule has 0 bridgehead atoms. The second kappa shape index (κ2) is 4.53. The van der Waals surface area contributed by atoms with Crippen LogP contribution in [0.15, 0.2) is 24.3 Å². The van der Waals surface area contributed by atoms with E-state index >= 15 is 0 Å². The molecule has 0 aromatic heterocycles. The van der Waals surface area contributed by atoms with Gasteiger partial charge in [0.05, 0.1) is 10.4 Å². The number of hydrogen-bond donors (Lipinski definition) is 0. The molecule has 0 fully saturated rings. The zero-order valence-corrected chi connectivity index (χ0v) is 10.4. The normalized spacial score (nSPS) is 13.5. The highest BCUT2D eigenvalue weighted by Crippen LogP contribution is 2.20. The predicted octanol–water partition coefficient (Wildman–Crippen LogP) is 1.49. The monoisotopic (exact) mass is 197 g/mol.